The van der Waals surface area contributed by atoms with E-state index in [1.54, 1.807) is 23.8 Å². The molecule has 2 aliphatic rings. The molecule has 0 bridgehead atoms. The van der Waals surface area contributed by atoms with Crippen molar-refractivity contribution in [2.45, 2.75) is 13.0 Å². The first-order valence-electron chi connectivity index (χ1n) is 10.2. The maximum atomic E-state index is 13.2. The summed E-state index contributed by atoms with van der Waals surface area (Å²) in [7, 11) is 1.66. The molecular weight excluding hydrogens is 398 g/mol. The largest absolute Gasteiger partial charge is 0.497 e. The summed E-state index contributed by atoms with van der Waals surface area (Å²) in [5.74, 6) is 2.08. The molecule has 0 N–H and O–H groups in total. The number of carbonyl (C=O) groups excluding carboxylic acids is 2. The van der Waals surface area contributed by atoms with Crippen molar-refractivity contribution in [3.63, 3.8) is 0 Å². The van der Waals surface area contributed by atoms with Crippen molar-refractivity contribution in [2.24, 2.45) is 0 Å². The third kappa shape index (κ3) is 4.12. The van der Waals surface area contributed by atoms with Crippen LogP contribution in [0.4, 0.5) is 5.69 Å². The topological polar surface area (TPSA) is 53.1 Å². The second kappa shape index (κ2) is 9.00. The van der Waals surface area contributed by atoms with Crippen molar-refractivity contribution in [3.8, 4) is 5.75 Å². The molecule has 0 aliphatic carbocycles. The first-order valence-corrected chi connectivity index (χ1v) is 11.4. The van der Waals surface area contributed by atoms with E-state index in [0.29, 0.717) is 30.3 Å². The summed E-state index contributed by atoms with van der Waals surface area (Å²) in [5.41, 5.74) is 2.76. The van der Waals surface area contributed by atoms with Crippen molar-refractivity contribution in [3.05, 3.63) is 59.7 Å². The maximum Gasteiger partial charge on any atom is 0.255 e. The van der Waals surface area contributed by atoms with Crippen LogP contribution in [-0.4, -0.2) is 72.6 Å². The van der Waals surface area contributed by atoms with Gasteiger partial charge in [-0.15, -0.1) is 11.8 Å². The molecule has 158 valence electrons. The average Bonchev–Trinajstić information content (AvgIpc) is 3.28. The van der Waals surface area contributed by atoms with Gasteiger partial charge in [0, 0.05) is 43.2 Å². The Balaban J connectivity index is 1.39. The van der Waals surface area contributed by atoms with E-state index in [4.69, 9.17) is 4.74 Å². The van der Waals surface area contributed by atoms with E-state index >= 15 is 0 Å². The van der Waals surface area contributed by atoms with Crippen molar-refractivity contribution < 1.29 is 14.3 Å². The van der Waals surface area contributed by atoms with Crippen molar-refractivity contribution in [1.82, 2.24) is 9.80 Å². The molecule has 0 unspecified atom stereocenters. The van der Waals surface area contributed by atoms with Crippen LogP contribution in [-0.2, 0) is 4.79 Å². The molecule has 0 radical (unpaired) electrons. The van der Waals surface area contributed by atoms with E-state index in [9.17, 15) is 9.59 Å². The molecule has 0 spiro atoms. The summed E-state index contributed by atoms with van der Waals surface area (Å²) in [5, 5.41) is 0. The van der Waals surface area contributed by atoms with Crippen LogP contribution in [0.3, 0.4) is 0 Å². The van der Waals surface area contributed by atoms with Gasteiger partial charge in [0.05, 0.1) is 13.0 Å². The molecule has 2 amide bonds. The Hall–Kier alpha value is -2.67. The average molecular weight is 426 g/mol. The third-order valence-corrected chi connectivity index (χ3v) is 6.84. The van der Waals surface area contributed by atoms with Gasteiger partial charge in [-0.1, -0.05) is 18.2 Å². The highest BCUT2D eigenvalue weighted by Crippen LogP contribution is 2.27. The molecule has 4 rings (SSSR count). The van der Waals surface area contributed by atoms with Gasteiger partial charge in [-0.05, 0) is 42.8 Å². The molecule has 2 aromatic rings. The zero-order valence-corrected chi connectivity index (χ0v) is 18.2. The van der Waals surface area contributed by atoms with Gasteiger partial charge >= 0.3 is 0 Å². The number of ether oxygens (including phenoxy) is 1. The Labute approximate surface area is 181 Å². The first-order chi connectivity index (χ1) is 14.6. The van der Waals surface area contributed by atoms with Gasteiger partial charge in [0.25, 0.3) is 5.91 Å². The highest BCUT2D eigenvalue weighted by Gasteiger charge is 2.38. The number of thioether (sulfide) groups is 1. The summed E-state index contributed by atoms with van der Waals surface area (Å²) in [6.45, 7) is 4.83. The molecule has 7 heteroatoms. The molecule has 1 atom stereocenters. The molecule has 0 aromatic heterocycles. The van der Waals surface area contributed by atoms with E-state index in [1.165, 1.54) is 0 Å². The smallest absolute Gasteiger partial charge is 0.255 e. The first kappa shape index (κ1) is 20.6. The fourth-order valence-corrected chi connectivity index (χ4v) is 5.15. The van der Waals surface area contributed by atoms with Gasteiger partial charge in [0.15, 0.2) is 0 Å². The molecule has 6 nitrogen and oxygen atoms in total. The number of anilines is 1. The van der Waals surface area contributed by atoms with Gasteiger partial charge in [-0.25, -0.2) is 0 Å². The van der Waals surface area contributed by atoms with E-state index in [2.05, 4.69) is 4.90 Å². The molecular formula is C23H27N3O3S. The lowest BCUT2D eigenvalue weighted by atomic mass is 10.1. The summed E-state index contributed by atoms with van der Waals surface area (Å²) in [6, 6.07) is 15.2. The Morgan fingerprint density at radius 2 is 1.70 bits per heavy atom. The van der Waals surface area contributed by atoms with E-state index in [0.717, 1.165) is 30.1 Å². The van der Waals surface area contributed by atoms with Crippen LogP contribution >= 0.6 is 11.8 Å². The van der Waals surface area contributed by atoms with Gasteiger partial charge in [0.1, 0.15) is 11.8 Å². The molecule has 2 heterocycles. The van der Waals surface area contributed by atoms with Crippen LogP contribution in [0.1, 0.15) is 15.9 Å². The molecule has 2 aliphatic heterocycles. The van der Waals surface area contributed by atoms with Crippen LogP contribution in [0.25, 0.3) is 0 Å². The van der Waals surface area contributed by atoms with Crippen LogP contribution in [0, 0.1) is 6.92 Å². The molecule has 30 heavy (non-hydrogen) atoms. The molecule has 2 aromatic carbocycles. The second-order valence-corrected chi connectivity index (χ2v) is 8.62. The number of rotatable bonds is 4. The lowest BCUT2D eigenvalue weighted by Gasteiger charge is -2.38. The minimum atomic E-state index is -0.380. The van der Waals surface area contributed by atoms with Crippen LogP contribution in [0.2, 0.25) is 0 Å². The number of benzene rings is 2. The van der Waals surface area contributed by atoms with Gasteiger partial charge in [-0.3, -0.25) is 9.59 Å². The molecule has 2 fully saturated rings. The number of hydrogen-bond donors (Lipinski definition) is 0. The van der Waals surface area contributed by atoms with E-state index in [1.807, 2.05) is 60.4 Å². The zero-order chi connectivity index (χ0) is 21.1. The zero-order valence-electron chi connectivity index (χ0n) is 17.4. The normalized spacial score (nSPS) is 19.1. The minimum absolute atomic E-state index is 0.0479. The van der Waals surface area contributed by atoms with E-state index < -0.39 is 0 Å². The lowest BCUT2D eigenvalue weighted by Crippen LogP contribution is -2.55. The minimum Gasteiger partial charge on any atom is -0.497 e. The predicted octanol–water partition coefficient (Wildman–Crippen LogP) is 2.87. The molecule has 0 saturated carbocycles. The van der Waals surface area contributed by atoms with Gasteiger partial charge < -0.3 is 19.4 Å². The van der Waals surface area contributed by atoms with Crippen LogP contribution < -0.4 is 9.64 Å². The lowest BCUT2D eigenvalue weighted by molar-refractivity contribution is -0.135. The van der Waals surface area contributed by atoms with Gasteiger partial charge in [-0.2, -0.15) is 0 Å². The van der Waals surface area contributed by atoms with Crippen molar-refractivity contribution in [1.29, 1.82) is 0 Å². The maximum absolute atomic E-state index is 13.2. The number of nitrogens with zero attached hydrogens (tertiary/aromatic N) is 3. The summed E-state index contributed by atoms with van der Waals surface area (Å²) < 4.78 is 5.23. The van der Waals surface area contributed by atoms with Crippen LogP contribution in [0.15, 0.2) is 48.5 Å². The quantitative estimate of drug-likeness (QED) is 0.754. The Morgan fingerprint density at radius 1 is 1.00 bits per heavy atom. The Kier molecular flexibility index (Phi) is 6.18. The standard InChI is InChI=1S/C23H27N3O3S/c1-17-5-3-4-6-20(17)22(27)26-16-30-15-21(26)23(28)25-13-11-24(12-14-25)18-7-9-19(29-2)10-8-18/h3-10,21H,11-16H2,1-2H3/t21-/m0/s1. The van der Waals surface area contributed by atoms with Crippen molar-refractivity contribution in [2.75, 3.05) is 49.8 Å². The Bertz CT molecular complexity index is 910. The number of methoxy groups -OCH3 is 1. The summed E-state index contributed by atoms with van der Waals surface area (Å²) in [4.78, 5) is 32.3. The Morgan fingerprint density at radius 3 is 2.37 bits per heavy atom. The summed E-state index contributed by atoms with van der Waals surface area (Å²) in [6.07, 6.45) is 0. The number of aryl methyl sites for hydroxylation is 1. The van der Waals surface area contributed by atoms with E-state index in [-0.39, 0.29) is 17.9 Å². The highest BCUT2D eigenvalue weighted by atomic mass is 32.2. The summed E-state index contributed by atoms with van der Waals surface area (Å²) >= 11 is 1.65. The number of piperazine rings is 1. The second-order valence-electron chi connectivity index (χ2n) is 7.62. The fourth-order valence-electron chi connectivity index (χ4n) is 4.00. The SMILES string of the molecule is COc1ccc(N2CCN(C(=O)[C@@H]3CSCN3C(=O)c3ccccc3C)CC2)cc1. The third-order valence-electron chi connectivity index (χ3n) is 5.83. The van der Waals surface area contributed by atoms with Crippen molar-refractivity contribution >= 4 is 29.3 Å². The predicted molar refractivity (Wildman–Crippen MR) is 120 cm³/mol. The fraction of sp³-hybridized carbons (Fsp3) is 0.391. The van der Waals surface area contributed by atoms with Crippen LogP contribution in [0.5, 0.6) is 5.75 Å². The monoisotopic (exact) mass is 425 g/mol. The number of amides is 2. The number of carbonyl (C=O) groups is 2. The molecule has 2 saturated heterocycles. The van der Waals surface area contributed by atoms with Gasteiger partial charge in [0.2, 0.25) is 5.91 Å². The number of hydrogen-bond acceptors (Lipinski definition) is 5. The highest BCUT2D eigenvalue weighted by molar-refractivity contribution is 7.99.